The molecule has 0 aromatic heterocycles. The van der Waals surface area contributed by atoms with E-state index in [4.69, 9.17) is 0 Å². The molecular formula is C14H20F2N2O2S. The molecule has 0 fully saturated rings. The summed E-state index contributed by atoms with van der Waals surface area (Å²) in [5.41, 5.74) is -0.500. The van der Waals surface area contributed by atoms with Gasteiger partial charge < -0.3 is 15.7 Å². The normalized spacial score (nSPS) is 11.5. The second-order valence-corrected chi connectivity index (χ2v) is 5.71. The molecule has 0 radical (unpaired) electrons. The zero-order chi connectivity index (χ0) is 15.9. The predicted octanol–water partition coefficient (Wildman–Crippen LogP) is 3.67. The lowest BCUT2D eigenvalue weighted by atomic mass is 9.98. The molecular weight excluding hydrogens is 298 g/mol. The summed E-state index contributed by atoms with van der Waals surface area (Å²) in [6, 6.07) is 5.75. The zero-order valence-electron chi connectivity index (χ0n) is 12.0. The van der Waals surface area contributed by atoms with Gasteiger partial charge in [-0.05, 0) is 31.0 Å². The minimum absolute atomic E-state index is 0.136. The number of carbonyl (C=O) groups excluding carboxylic acids is 1. The number of hydrogen-bond acceptors (Lipinski definition) is 3. The van der Waals surface area contributed by atoms with Crippen LogP contribution in [0, 0.1) is 0 Å². The van der Waals surface area contributed by atoms with Gasteiger partial charge in [0.05, 0.1) is 5.60 Å². The molecule has 7 heteroatoms. The van der Waals surface area contributed by atoms with Crippen LogP contribution in [0.1, 0.15) is 26.7 Å². The molecule has 1 rings (SSSR count). The van der Waals surface area contributed by atoms with Gasteiger partial charge in [0.1, 0.15) is 0 Å². The SMILES string of the molecule is CCC(O)(CC)CNC(=O)Nc1cccc(SC(F)F)c1. The fraction of sp³-hybridized carbons (Fsp3) is 0.500. The second-order valence-electron chi connectivity index (χ2n) is 4.65. The standard InChI is InChI=1S/C14H20F2N2O2S/c1-3-14(20,4-2)9-17-13(19)18-10-6-5-7-11(8-10)21-12(15)16/h5-8,12,20H,3-4,9H2,1-2H3,(H2,17,18,19). The topological polar surface area (TPSA) is 61.4 Å². The van der Waals surface area contributed by atoms with E-state index in [0.29, 0.717) is 35.2 Å². The number of nitrogens with one attached hydrogen (secondary N) is 2. The smallest absolute Gasteiger partial charge is 0.319 e. The van der Waals surface area contributed by atoms with Crippen molar-refractivity contribution in [2.45, 2.75) is 42.9 Å². The van der Waals surface area contributed by atoms with Crippen LogP contribution in [0.5, 0.6) is 0 Å². The van der Waals surface area contributed by atoms with Gasteiger partial charge in [0.2, 0.25) is 0 Å². The highest BCUT2D eigenvalue weighted by molar-refractivity contribution is 7.99. The van der Waals surface area contributed by atoms with E-state index >= 15 is 0 Å². The fourth-order valence-corrected chi connectivity index (χ4v) is 2.23. The quantitative estimate of drug-likeness (QED) is 0.672. The monoisotopic (exact) mass is 318 g/mol. The van der Waals surface area contributed by atoms with Crippen molar-refractivity contribution in [3.05, 3.63) is 24.3 Å². The Labute approximate surface area is 127 Å². The molecule has 0 saturated heterocycles. The average Bonchev–Trinajstić information content (AvgIpc) is 2.44. The number of aliphatic hydroxyl groups is 1. The Morgan fingerprint density at radius 1 is 1.38 bits per heavy atom. The molecule has 2 amide bonds. The number of thioether (sulfide) groups is 1. The molecule has 0 atom stereocenters. The average molecular weight is 318 g/mol. The third-order valence-corrected chi connectivity index (χ3v) is 3.92. The van der Waals surface area contributed by atoms with Crippen LogP contribution in [0.4, 0.5) is 19.3 Å². The molecule has 0 aliphatic rings. The van der Waals surface area contributed by atoms with Gasteiger partial charge in [-0.15, -0.1) is 0 Å². The summed E-state index contributed by atoms with van der Waals surface area (Å²) >= 11 is 0.419. The van der Waals surface area contributed by atoms with E-state index in [1.807, 2.05) is 13.8 Å². The predicted molar refractivity (Wildman–Crippen MR) is 80.9 cm³/mol. The van der Waals surface area contributed by atoms with Crippen LogP contribution in [0.3, 0.4) is 0 Å². The molecule has 0 bridgehead atoms. The zero-order valence-corrected chi connectivity index (χ0v) is 12.8. The minimum atomic E-state index is -2.50. The maximum Gasteiger partial charge on any atom is 0.319 e. The molecule has 118 valence electrons. The molecule has 0 spiro atoms. The molecule has 4 nitrogen and oxygen atoms in total. The number of benzene rings is 1. The number of carbonyl (C=O) groups is 1. The number of rotatable bonds is 7. The molecule has 1 aromatic carbocycles. The first-order chi connectivity index (χ1) is 9.88. The maximum atomic E-state index is 12.3. The number of anilines is 1. The molecule has 21 heavy (non-hydrogen) atoms. The van der Waals surface area contributed by atoms with Gasteiger partial charge in [0.15, 0.2) is 0 Å². The molecule has 0 unspecified atom stereocenters. The van der Waals surface area contributed by atoms with E-state index in [2.05, 4.69) is 10.6 Å². The lowest BCUT2D eigenvalue weighted by molar-refractivity contribution is 0.0354. The van der Waals surface area contributed by atoms with E-state index in [1.165, 1.54) is 6.07 Å². The molecule has 0 aliphatic heterocycles. The van der Waals surface area contributed by atoms with Crippen LogP contribution in [0.2, 0.25) is 0 Å². The summed E-state index contributed by atoms with van der Waals surface area (Å²) in [5, 5.41) is 15.2. The first-order valence-electron chi connectivity index (χ1n) is 6.70. The van der Waals surface area contributed by atoms with Crippen molar-refractivity contribution in [3.8, 4) is 0 Å². The third-order valence-electron chi connectivity index (χ3n) is 3.21. The van der Waals surface area contributed by atoms with Crippen molar-refractivity contribution in [1.29, 1.82) is 0 Å². The summed E-state index contributed by atoms with van der Waals surface area (Å²) in [7, 11) is 0. The molecule has 0 aliphatic carbocycles. The van der Waals surface area contributed by atoms with Crippen LogP contribution in [0.25, 0.3) is 0 Å². The highest BCUT2D eigenvalue weighted by atomic mass is 32.2. The lowest BCUT2D eigenvalue weighted by Gasteiger charge is -2.25. The van der Waals surface area contributed by atoms with Gasteiger partial charge >= 0.3 is 6.03 Å². The fourth-order valence-electron chi connectivity index (χ4n) is 1.67. The summed E-state index contributed by atoms with van der Waals surface area (Å²) in [4.78, 5) is 12.1. The van der Waals surface area contributed by atoms with Crippen LogP contribution in [0.15, 0.2) is 29.2 Å². The van der Waals surface area contributed by atoms with Gasteiger partial charge in [-0.25, -0.2) is 4.79 Å². The van der Waals surface area contributed by atoms with Gasteiger partial charge in [-0.2, -0.15) is 8.78 Å². The Morgan fingerprint density at radius 2 is 2.05 bits per heavy atom. The van der Waals surface area contributed by atoms with Gasteiger partial charge in [-0.3, -0.25) is 0 Å². The van der Waals surface area contributed by atoms with E-state index < -0.39 is 17.4 Å². The molecule has 1 aromatic rings. The Morgan fingerprint density at radius 3 is 2.62 bits per heavy atom. The summed E-state index contributed by atoms with van der Waals surface area (Å²) in [6.45, 7) is 3.82. The van der Waals surface area contributed by atoms with Crippen LogP contribution < -0.4 is 10.6 Å². The summed E-state index contributed by atoms with van der Waals surface area (Å²) in [6.07, 6.45) is 1.06. The number of hydrogen-bond donors (Lipinski definition) is 3. The first kappa shape index (κ1) is 17.7. The van der Waals surface area contributed by atoms with Crippen molar-refractivity contribution >= 4 is 23.5 Å². The maximum absolute atomic E-state index is 12.3. The highest BCUT2D eigenvalue weighted by Gasteiger charge is 2.22. The summed E-state index contributed by atoms with van der Waals surface area (Å²) in [5.74, 6) is -2.50. The van der Waals surface area contributed by atoms with E-state index in [-0.39, 0.29) is 6.54 Å². The van der Waals surface area contributed by atoms with Crippen molar-refractivity contribution in [2.24, 2.45) is 0 Å². The number of urea groups is 1. The van der Waals surface area contributed by atoms with Gasteiger partial charge in [-0.1, -0.05) is 31.7 Å². The van der Waals surface area contributed by atoms with E-state index in [0.717, 1.165) is 0 Å². The van der Waals surface area contributed by atoms with Gasteiger partial charge in [0, 0.05) is 17.1 Å². The Kier molecular flexibility index (Phi) is 6.91. The Hall–Kier alpha value is -1.34. The van der Waals surface area contributed by atoms with E-state index in [9.17, 15) is 18.7 Å². The minimum Gasteiger partial charge on any atom is -0.388 e. The van der Waals surface area contributed by atoms with Crippen molar-refractivity contribution < 1.29 is 18.7 Å². The molecule has 3 N–H and O–H groups in total. The van der Waals surface area contributed by atoms with Crippen molar-refractivity contribution in [3.63, 3.8) is 0 Å². The van der Waals surface area contributed by atoms with Gasteiger partial charge in [0.25, 0.3) is 5.76 Å². The van der Waals surface area contributed by atoms with Crippen LogP contribution in [-0.2, 0) is 0 Å². The van der Waals surface area contributed by atoms with Crippen LogP contribution in [-0.4, -0.2) is 29.0 Å². The Balaban J connectivity index is 2.55. The second kappa shape index (κ2) is 8.19. The van der Waals surface area contributed by atoms with Crippen molar-refractivity contribution in [1.82, 2.24) is 5.32 Å². The first-order valence-corrected chi connectivity index (χ1v) is 7.58. The highest BCUT2D eigenvalue weighted by Crippen LogP contribution is 2.27. The largest absolute Gasteiger partial charge is 0.388 e. The number of halogens is 2. The molecule has 0 heterocycles. The number of amides is 2. The van der Waals surface area contributed by atoms with Crippen LogP contribution >= 0.6 is 11.8 Å². The lowest BCUT2D eigenvalue weighted by Crippen LogP contribution is -2.43. The van der Waals surface area contributed by atoms with Crippen molar-refractivity contribution in [2.75, 3.05) is 11.9 Å². The molecule has 0 saturated carbocycles. The third kappa shape index (κ3) is 6.31. The summed E-state index contributed by atoms with van der Waals surface area (Å²) < 4.78 is 24.6. The number of alkyl halides is 2. The Bertz CT molecular complexity index is 468. The van der Waals surface area contributed by atoms with E-state index in [1.54, 1.807) is 18.2 Å².